The zero-order valence-electron chi connectivity index (χ0n) is 11.7. The molecule has 0 radical (unpaired) electrons. The van der Waals surface area contributed by atoms with E-state index in [9.17, 15) is 4.39 Å². The van der Waals surface area contributed by atoms with Crippen LogP contribution >= 0.6 is 0 Å². The van der Waals surface area contributed by atoms with Crippen LogP contribution in [0.1, 0.15) is 19.3 Å². The minimum Gasteiger partial charge on any atom is -0.398 e. The highest BCUT2D eigenvalue weighted by atomic mass is 19.1. The molecule has 0 amide bonds. The number of unbranched alkanes of at least 4 members (excludes halogenated alkanes) is 2. The molecule has 0 fully saturated rings. The van der Waals surface area contributed by atoms with E-state index >= 15 is 0 Å². The predicted octanol–water partition coefficient (Wildman–Crippen LogP) is 3.18. The van der Waals surface area contributed by atoms with Gasteiger partial charge in [-0.25, -0.2) is 4.39 Å². The summed E-state index contributed by atoms with van der Waals surface area (Å²) in [5.41, 5.74) is 7.24. The molecule has 0 spiro atoms. The molecule has 0 atom stereocenters. The van der Waals surface area contributed by atoms with E-state index in [1.54, 1.807) is 19.4 Å². The first-order valence-corrected chi connectivity index (χ1v) is 6.79. The van der Waals surface area contributed by atoms with Crippen molar-refractivity contribution in [2.24, 2.45) is 0 Å². The summed E-state index contributed by atoms with van der Waals surface area (Å²) in [6.45, 7) is 1.47. The molecule has 0 bridgehead atoms. The highest BCUT2D eigenvalue weighted by molar-refractivity contribution is 5.98. The van der Waals surface area contributed by atoms with Gasteiger partial charge in [0.15, 0.2) is 5.82 Å². The Bertz CT molecular complexity index is 574. The minimum atomic E-state index is -0.356. The molecule has 1 aromatic carbocycles. The van der Waals surface area contributed by atoms with Crippen molar-refractivity contribution in [2.45, 2.75) is 19.3 Å². The van der Waals surface area contributed by atoms with E-state index in [0.29, 0.717) is 23.4 Å². The Morgan fingerprint density at radius 3 is 3.00 bits per heavy atom. The van der Waals surface area contributed by atoms with Gasteiger partial charge in [-0.3, -0.25) is 4.98 Å². The fourth-order valence-electron chi connectivity index (χ4n) is 2.17. The van der Waals surface area contributed by atoms with Crippen molar-refractivity contribution in [1.29, 1.82) is 0 Å². The molecule has 2 rings (SSSR count). The third kappa shape index (κ3) is 3.36. The number of nitrogens with zero attached hydrogens (tertiary/aromatic N) is 1. The van der Waals surface area contributed by atoms with Gasteiger partial charge in [0.2, 0.25) is 0 Å². The summed E-state index contributed by atoms with van der Waals surface area (Å²) in [6.07, 6.45) is 4.66. The van der Waals surface area contributed by atoms with E-state index in [1.807, 2.05) is 6.07 Å². The normalized spacial score (nSPS) is 10.9. The first-order valence-electron chi connectivity index (χ1n) is 6.79. The van der Waals surface area contributed by atoms with Crippen LogP contribution in [-0.4, -0.2) is 25.2 Å². The monoisotopic (exact) mass is 277 g/mol. The molecular formula is C15H20FN3O. The van der Waals surface area contributed by atoms with Crippen LogP contribution in [0.15, 0.2) is 24.4 Å². The highest BCUT2D eigenvalue weighted by Crippen LogP contribution is 2.29. The van der Waals surface area contributed by atoms with Crippen molar-refractivity contribution >= 4 is 22.3 Å². The Kier molecular flexibility index (Phi) is 5.12. The van der Waals surface area contributed by atoms with E-state index in [1.165, 1.54) is 6.07 Å². The number of fused-ring (bicyclic) bond motifs is 1. The SMILES string of the molecule is COCCCCCNc1c(F)cc(N)c2cccnc12. The van der Waals surface area contributed by atoms with Gasteiger partial charge >= 0.3 is 0 Å². The standard InChI is InChI=1S/C15H20FN3O/c1-20-9-4-2-3-7-19-15-12(16)10-13(17)11-6-5-8-18-14(11)15/h5-6,8,10,19H,2-4,7,9,17H2,1H3. The zero-order valence-corrected chi connectivity index (χ0v) is 11.7. The number of nitrogens with two attached hydrogens (primary N) is 1. The summed E-state index contributed by atoms with van der Waals surface area (Å²) < 4.78 is 19.0. The lowest BCUT2D eigenvalue weighted by Crippen LogP contribution is -2.06. The first-order chi connectivity index (χ1) is 9.74. The number of rotatable bonds is 7. The number of halogens is 1. The van der Waals surface area contributed by atoms with Gasteiger partial charge in [0, 0.05) is 37.5 Å². The van der Waals surface area contributed by atoms with E-state index in [2.05, 4.69) is 10.3 Å². The van der Waals surface area contributed by atoms with Crippen molar-refractivity contribution in [3.8, 4) is 0 Å². The maximum Gasteiger partial charge on any atom is 0.150 e. The van der Waals surface area contributed by atoms with Gasteiger partial charge in [-0.05, 0) is 37.5 Å². The maximum atomic E-state index is 14.0. The molecule has 1 heterocycles. The number of benzene rings is 1. The molecule has 0 aliphatic carbocycles. The Hall–Kier alpha value is -1.88. The molecular weight excluding hydrogens is 257 g/mol. The van der Waals surface area contributed by atoms with Crippen molar-refractivity contribution in [2.75, 3.05) is 31.3 Å². The predicted molar refractivity (Wildman–Crippen MR) is 80.3 cm³/mol. The smallest absolute Gasteiger partial charge is 0.150 e. The molecule has 4 nitrogen and oxygen atoms in total. The fraction of sp³-hybridized carbons (Fsp3) is 0.400. The molecule has 5 heteroatoms. The van der Waals surface area contributed by atoms with Gasteiger partial charge in [-0.2, -0.15) is 0 Å². The zero-order chi connectivity index (χ0) is 14.4. The van der Waals surface area contributed by atoms with E-state index in [0.717, 1.165) is 31.3 Å². The first kappa shape index (κ1) is 14.5. The van der Waals surface area contributed by atoms with E-state index in [-0.39, 0.29) is 5.82 Å². The summed E-state index contributed by atoms with van der Waals surface area (Å²) >= 11 is 0. The Balaban J connectivity index is 2.06. The van der Waals surface area contributed by atoms with Crippen LogP contribution in [0, 0.1) is 5.82 Å². The van der Waals surface area contributed by atoms with Crippen LogP contribution < -0.4 is 11.1 Å². The highest BCUT2D eigenvalue weighted by Gasteiger charge is 2.11. The molecule has 20 heavy (non-hydrogen) atoms. The topological polar surface area (TPSA) is 60.2 Å². The summed E-state index contributed by atoms with van der Waals surface area (Å²) in [7, 11) is 1.69. The quantitative estimate of drug-likeness (QED) is 0.603. The summed E-state index contributed by atoms with van der Waals surface area (Å²) in [4.78, 5) is 4.23. The molecule has 0 saturated carbocycles. The lowest BCUT2D eigenvalue weighted by Gasteiger charge is -2.11. The number of methoxy groups -OCH3 is 1. The van der Waals surface area contributed by atoms with Gasteiger partial charge in [-0.1, -0.05) is 0 Å². The second-order valence-corrected chi connectivity index (χ2v) is 4.70. The lowest BCUT2D eigenvalue weighted by molar-refractivity contribution is 0.192. The molecule has 0 unspecified atom stereocenters. The summed E-state index contributed by atoms with van der Waals surface area (Å²) in [5.74, 6) is -0.356. The maximum absolute atomic E-state index is 14.0. The van der Waals surface area contributed by atoms with Crippen LogP contribution in [0.3, 0.4) is 0 Å². The number of aromatic nitrogens is 1. The van der Waals surface area contributed by atoms with Gasteiger partial charge in [0.1, 0.15) is 0 Å². The van der Waals surface area contributed by atoms with Gasteiger partial charge in [0.25, 0.3) is 0 Å². The second kappa shape index (κ2) is 7.05. The van der Waals surface area contributed by atoms with Gasteiger partial charge in [0.05, 0.1) is 11.2 Å². The molecule has 0 saturated heterocycles. The molecule has 1 aromatic heterocycles. The lowest BCUT2D eigenvalue weighted by atomic mass is 10.1. The Morgan fingerprint density at radius 1 is 1.35 bits per heavy atom. The number of nitrogen functional groups attached to an aromatic ring is 1. The Labute approximate surface area is 118 Å². The largest absolute Gasteiger partial charge is 0.398 e. The molecule has 0 aliphatic rings. The summed E-state index contributed by atoms with van der Waals surface area (Å²) in [5, 5.41) is 3.90. The average Bonchev–Trinajstić information content (AvgIpc) is 2.45. The average molecular weight is 277 g/mol. The van der Waals surface area contributed by atoms with Crippen molar-refractivity contribution in [3.63, 3.8) is 0 Å². The van der Waals surface area contributed by atoms with E-state index in [4.69, 9.17) is 10.5 Å². The minimum absolute atomic E-state index is 0.356. The fourth-order valence-corrected chi connectivity index (χ4v) is 2.17. The van der Waals surface area contributed by atoms with Crippen LogP contribution in [0.2, 0.25) is 0 Å². The van der Waals surface area contributed by atoms with Gasteiger partial charge in [-0.15, -0.1) is 0 Å². The Morgan fingerprint density at radius 2 is 2.20 bits per heavy atom. The molecule has 3 N–H and O–H groups in total. The van der Waals surface area contributed by atoms with Crippen LogP contribution in [0.5, 0.6) is 0 Å². The number of pyridine rings is 1. The van der Waals surface area contributed by atoms with Gasteiger partial charge < -0.3 is 15.8 Å². The van der Waals surface area contributed by atoms with Crippen molar-refractivity contribution in [3.05, 3.63) is 30.2 Å². The number of ether oxygens (including phenoxy) is 1. The third-order valence-corrected chi connectivity index (χ3v) is 3.20. The molecule has 2 aromatic rings. The van der Waals surface area contributed by atoms with Crippen molar-refractivity contribution in [1.82, 2.24) is 4.98 Å². The van der Waals surface area contributed by atoms with E-state index < -0.39 is 0 Å². The van der Waals surface area contributed by atoms with Crippen molar-refractivity contribution < 1.29 is 9.13 Å². The molecule has 0 aliphatic heterocycles. The van der Waals surface area contributed by atoms with Crippen LogP contribution in [-0.2, 0) is 4.74 Å². The molecule has 108 valence electrons. The summed E-state index contributed by atoms with van der Waals surface area (Å²) in [6, 6.07) is 4.99. The number of hydrogen-bond donors (Lipinski definition) is 2. The second-order valence-electron chi connectivity index (χ2n) is 4.70. The van der Waals surface area contributed by atoms with Crippen LogP contribution in [0.4, 0.5) is 15.8 Å². The third-order valence-electron chi connectivity index (χ3n) is 3.20. The number of nitrogens with one attached hydrogen (secondary N) is 1. The van der Waals surface area contributed by atoms with Crippen LogP contribution in [0.25, 0.3) is 10.9 Å². The number of hydrogen-bond acceptors (Lipinski definition) is 4. The number of anilines is 2.